The SMILES string of the molecule is Cc1cc(N2CCCC2)nc(Nc2ccc(NC(=O)c3ccsc3)cc2)n1. The first-order valence-corrected chi connectivity index (χ1v) is 9.93. The van der Waals surface area contributed by atoms with Crippen molar-refractivity contribution in [2.24, 2.45) is 0 Å². The maximum absolute atomic E-state index is 12.1. The van der Waals surface area contributed by atoms with Crippen molar-refractivity contribution in [2.45, 2.75) is 19.8 Å². The molecule has 1 saturated heterocycles. The molecule has 1 aliphatic heterocycles. The van der Waals surface area contributed by atoms with E-state index >= 15 is 0 Å². The van der Waals surface area contributed by atoms with Crippen molar-refractivity contribution in [2.75, 3.05) is 28.6 Å². The van der Waals surface area contributed by atoms with Gasteiger partial charge in [-0.2, -0.15) is 16.3 Å². The van der Waals surface area contributed by atoms with E-state index < -0.39 is 0 Å². The number of aromatic nitrogens is 2. The summed E-state index contributed by atoms with van der Waals surface area (Å²) in [5.74, 6) is 1.46. The summed E-state index contributed by atoms with van der Waals surface area (Å²) in [4.78, 5) is 23.5. The molecule has 3 aromatic rings. The Morgan fingerprint density at radius 1 is 1.07 bits per heavy atom. The molecule has 0 atom stereocenters. The number of carbonyl (C=O) groups excluding carboxylic acids is 1. The third kappa shape index (κ3) is 4.25. The van der Waals surface area contributed by atoms with Crippen LogP contribution in [0.4, 0.5) is 23.1 Å². The summed E-state index contributed by atoms with van der Waals surface area (Å²) in [6, 6.07) is 11.4. The van der Waals surface area contributed by atoms with Crippen molar-refractivity contribution in [3.8, 4) is 0 Å². The molecule has 138 valence electrons. The summed E-state index contributed by atoms with van der Waals surface area (Å²) < 4.78 is 0. The Kier molecular flexibility index (Phi) is 5.02. The van der Waals surface area contributed by atoms with E-state index in [4.69, 9.17) is 0 Å². The highest BCUT2D eigenvalue weighted by atomic mass is 32.1. The van der Waals surface area contributed by atoms with Crippen LogP contribution in [0.5, 0.6) is 0 Å². The Bertz CT molecular complexity index is 918. The van der Waals surface area contributed by atoms with E-state index in [1.807, 2.05) is 54.1 Å². The van der Waals surface area contributed by atoms with Gasteiger partial charge in [-0.25, -0.2) is 4.98 Å². The van der Waals surface area contributed by atoms with Crippen LogP contribution in [0.3, 0.4) is 0 Å². The lowest BCUT2D eigenvalue weighted by Crippen LogP contribution is -2.19. The van der Waals surface area contributed by atoms with Gasteiger partial charge in [-0.15, -0.1) is 0 Å². The number of nitrogens with one attached hydrogen (secondary N) is 2. The van der Waals surface area contributed by atoms with Crippen molar-refractivity contribution in [3.05, 3.63) is 58.4 Å². The highest BCUT2D eigenvalue weighted by Gasteiger charge is 2.15. The van der Waals surface area contributed by atoms with Gasteiger partial charge in [0.25, 0.3) is 5.91 Å². The molecule has 0 aliphatic carbocycles. The smallest absolute Gasteiger partial charge is 0.256 e. The van der Waals surface area contributed by atoms with Crippen LogP contribution in [0.15, 0.2) is 47.2 Å². The fourth-order valence-corrected chi connectivity index (χ4v) is 3.71. The van der Waals surface area contributed by atoms with Gasteiger partial charge >= 0.3 is 0 Å². The second kappa shape index (κ2) is 7.75. The standard InChI is InChI=1S/C20H21N5OS/c1-14-12-18(25-9-2-3-10-25)24-20(21-14)23-17-6-4-16(5-7-17)22-19(26)15-8-11-27-13-15/h4-8,11-13H,2-3,9-10H2,1H3,(H,22,26)(H,21,23,24). The summed E-state index contributed by atoms with van der Waals surface area (Å²) in [6.45, 7) is 4.08. The fraction of sp³-hybridized carbons (Fsp3) is 0.250. The predicted octanol–water partition coefficient (Wildman–Crippen LogP) is 4.44. The maximum Gasteiger partial charge on any atom is 0.256 e. The topological polar surface area (TPSA) is 70.2 Å². The van der Waals surface area contributed by atoms with Crippen molar-refractivity contribution in [1.29, 1.82) is 0 Å². The molecule has 1 aromatic carbocycles. The second-order valence-electron chi connectivity index (χ2n) is 6.55. The number of anilines is 4. The van der Waals surface area contributed by atoms with Gasteiger partial charge in [0.2, 0.25) is 5.95 Å². The van der Waals surface area contributed by atoms with E-state index in [9.17, 15) is 4.79 Å². The summed E-state index contributed by atoms with van der Waals surface area (Å²) in [6.07, 6.45) is 2.43. The van der Waals surface area contributed by atoms with Gasteiger partial charge in [-0.3, -0.25) is 4.79 Å². The molecule has 7 heteroatoms. The van der Waals surface area contributed by atoms with Crippen LogP contribution in [0.1, 0.15) is 28.9 Å². The number of aryl methyl sites for hydroxylation is 1. The van der Waals surface area contributed by atoms with Gasteiger partial charge in [0.05, 0.1) is 5.56 Å². The van der Waals surface area contributed by atoms with E-state index in [0.29, 0.717) is 11.5 Å². The zero-order chi connectivity index (χ0) is 18.6. The number of hydrogen-bond acceptors (Lipinski definition) is 6. The van der Waals surface area contributed by atoms with Crippen molar-refractivity contribution < 1.29 is 4.79 Å². The number of rotatable bonds is 5. The molecule has 2 aromatic heterocycles. The number of hydrogen-bond donors (Lipinski definition) is 2. The van der Waals surface area contributed by atoms with Crippen molar-refractivity contribution in [3.63, 3.8) is 0 Å². The summed E-state index contributed by atoms with van der Waals surface area (Å²) >= 11 is 1.51. The number of amides is 1. The number of carbonyl (C=O) groups is 1. The summed E-state index contributed by atoms with van der Waals surface area (Å²) in [5.41, 5.74) is 3.24. The predicted molar refractivity (Wildman–Crippen MR) is 110 cm³/mol. The molecule has 1 fully saturated rings. The molecule has 4 rings (SSSR count). The number of nitrogens with zero attached hydrogens (tertiary/aromatic N) is 3. The Hall–Kier alpha value is -2.93. The second-order valence-corrected chi connectivity index (χ2v) is 7.33. The molecule has 1 aliphatic rings. The Labute approximate surface area is 162 Å². The van der Waals surface area contributed by atoms with Crippen molar-refractivity contribution in [1.82, 2.24) is 9.97 Å². The van der Waals surface area contributed by atoms with E-state index in [1.54, 1.807) is 0 Å². The van der Waals surface area contributed by atoms with Crippen LogP contribution >= 0.6 is 11.3 Å². The molecule has 27 heavy (non-hydrogen) atoms. The molecule has 6 nitrogen and oxygen atoms in total. The lowest BCUT2D eigenvalue weighted by molar-refractivity contribution is 0.102. The van der Waals surface area contributed by atoms with Crippen LogP contribution in [-0.2, 0) is 0 Å². The van der Waals surface area contributed by atoms with Crippen LogP contribution < -0.4 is 15.5 Å². The molecule has 0 unspecified atom stereocenters. The normalized spacial score (nSPS) is 13.6. The molecule has 0 spiro atoms. The minimum atomic E-state index is -0.103. The third-order valence-electron chi connectivity index (χ3n) is 4.45. The minimum Gasteiger partial charge on any atom is -0.356 e. The summed E-state index contributed by atoms with van der Waals surface area (Å²) in [5, 5.41) is 9.87. The molecule has 1 amide bonds. The molecule has 2 N–H and O–H groups in total. The Morgan fingerprint density at radius 2 is 1.81 bits per heavy atom. The molecule has 0 saturated carbocycles. The number of benzene rings is 1. The third-order valence-corrected chi connectivity index (χ3v) is 5.14. The highest BCUT2D eigenvalue weighted by Crippen LogP contribution is 2.22. The zero-order valence-corrected chi connectivity index (χ0v) is 15.9. The van der Waals surface area contributed by atoms with Gasteiger partial charge in [0.15, 0.2) is 0 Å². The van der Waals surface area contributed by atoms with Gasteiger partial charge in [-0.1, -0.05) is 0 Å². The molecule has 0 radical (unpaired) electrons. The van der Waals surface area contributed by atoms with Crippen molar-refractivity contribution >= 4 is 40.4 Å². The number of thiophene rings is 1. The van der Waals surface area contributed by atoms with Crippen LogP contribution in [0.25, 0.3) is 0 Å². The average Bonchev–Trinajstić information content (AvgIpc) is 3.37. The summed E-state index contributed by atoms with van der Waals surface area (Å²) in [7, 11) is 0. The van der Waals surface area contributed by atoms with Gasteiger partial charge in [0, 0.05) is 41.6 Å². The van der Waals surface area contributed by atoms with Crippen LogP contribution in [0.2, 0.25) is 0 Å². The quantitative estimate of drug-likeness (QED) is 0.686. The van der Waals surface area contributed by atoms with Gasteiger partial charge in [-0.05, 0) is 55.5 Å². The Morgan fingerprint density at radius 3 is 2.52 bits per heavy atom. The first-order chi connectivity index (χ1) is 13.2. The molecular formula is C20H21N5OS. The van der Waals surface area contributed by atoms with E-state index in [2.05, 4.69) is 25.5 Å². The lowest BCUT2D eigenvalue weighted by atomic mass is 10.2. The lowest BCUT2D eigenvalue weighted by Gasteiger charge is -2.17. The highest BCUT2D eigenvalue weighted by molar-refractivity contribution is 7.08. The van der Waals surface area contributed by atoms with E-state index in [0.717, 1.165) is 36.0 Å². The van der Waals surface area contributed by atoms with Gasteiger partial charge < -0.3 is 15.5 Å². The monoisotopic (exact) mass is 379 g/mol. The van der Waals surface area contributed by atoms with Crippen LogP contribution in [0, 0.1) is 6.92 Å². The first kappa shape index (κ1) is 17.5. The van der Waals surface area contributed by atoms with Crippen LogP contribution in [-0.4, -0.2) is 29.0 Å². The largest absolute Gasteiger partial charge is 0.356 e. The molecule has 0 bridgehead atoms. The molecular weight excluding hydrogens is 358 g/mol. The van der Waals surface area contributed by atoms with E-state index in [1.165, 1.54) is 24.2 Å². The fourth-order valence-electron chi connectivity index (χ4n) is 3.08. The zero-order valence-electron chi connectivity index (χ0n) is 15.1. The first-order valence-electron chi connectivity index (χ1n) is 8.99. The average molecular weight is 379 g/mol. The van der Waals surface area contributed by atoms with Gasteiger partial charge in [0.1, 0.15) is 5.82 Å². The maximum atomic E-state index is 12.1. The van der Waals surface area contributed by atoms with E-state index in [-0.39, 0.29) is 5.91 Å². The minimum absolute atomic E-state index is 0.103. The Balaban J connectivity index is 1.44. The molecule has 3 heterocycles.